The number of hydrogen-bond donors (Lipinski definition) is 1. The number of fused-ring (bicyclic) bond motifs is 3. The van der Waals surface area contributed by atoms with Crippen molar-refractivity contribution in [2.45, 2.75) is 95.4 Å². The zero-order chi connectivity index (χ0) is 33.5. The molecule has 2 aromatic rings. The predicted octanol–water partition coefficient (Wildman–Crippen LogP) is 6.58. The number of likely N-dealkylation sites (N-methyl/N-ethyl adjacent to an activating group) is 1. The second kappa shape index (κ2) is 14.6. The highest BCUT2D eigenvalue weighted by Crippen LogP contribution is 2.48. The third-order valence-electron chi connectivity index (χ3n) is 11.9. The van der Waals surface area contributed by atoms with Gasteiger partial charge in [-0.2, -0.15) is 0 Å². The fraction of sp³-hybridized carbons (Fsp3) is 0.658. The first-order valence-corrected chi connectivity index (χ1v) is 19.8. The first-order valence-electron chi connectivity index (χ1n) is 18.2. The Bertz CT molecular complexity index is 1490. The van der Waals surface area contributed by atoms with E-state index in [0.717, 1.165) is 81.2 Å². The number of nitrogens with zero attached hydrogens (tertiary/aromatic N) is 2. The zero-order valence-corrected chi connectivity index (χ0v) is 30.4. The first-order chi connectivity index (χ1) is 23.2. The number of hydrogen-bond acceptors (Lipinski definition) is 7. The Morgan fingerprint density at radius 3 is 2.48 bits per heavy atom. The molecule has 1 aliphatic carbocycles. The molecule has 0 aromatic heterocycles. The van der Waals surface area contributed by atoms with E-state index >= 15 is 0 Å². The van der Waals surface area contributed by atoms with Gasteiger partial charge in [-0.15, -0.1) is 0 Å². The van der Waals surface area contributed by atoms with Gasteiger partial charge in [0.15, 0.2) is 6.29 Å². The zero-order valence-electron chi connectivity index (χ0n) is 28.9. The van der Waals surface area contributed by atoms with Crippen molar-refractivity contribution in [3.63, 3.8) is 0 Å². The van der Waals surface area contributed by atoms with Crippen LogP contribution in [0.5, 0.6) is 5.75 Å². The summed E-state index contributed by atoms with van der Waals surface area (Å²) in [5.74, 6) is 2.11. The molecule has 1 saturated carbocycles. The number of amides is 1. The van der Waals surface area contributed by atoms with E-state index in [4.69, 9.17) is 25.8 Å². The minimum absolute atomic E-state index is 0.140. The SMILES string of the molecule is CCCc1cc(Cl)ccc1C1COc2ccc3cc2N(C1)CC1CCC1C(C1OC2CN(C)CC2O1)CCCC(C)C(C)S(=O)NC3=O. The summed E-state index contributed by atoms with van der Waals surface area (Å²) in [6, 6.07) is 12.0. The van der Waals surface area contributed by atoms with E-state index in [0.29, 0.717) is 29.9 Å². The minimum atomic E-state index is -1.50. The molecule has 0 radical (unpaired) electrons. The molecule has 7 rings (SSSR count). The maximum absolute atomic E-state index is 13.5. The van der Waals surface area contributed by atoms with Crippen LogP contribution in [0.25, 0.3) is 0 Å². The highest BCUT2D eigenvalue weighted by Gasteiger charge is 2.49. The Kier molecular flexibility index (Phi) is 10.4. The molecule has 10 heteroatoms. The van der Waals surface area contributed by atoms with Crippen molar-refractivity contribution in [2.75, 3.05) is 44.7 Å². The standard InChI is InChI=1S/C38H52ClN3O5S/c1-5-7-25-16-29(39)12-14-30(25)28-19-42-18-27-10-13-31(27)32(38-46-35-20-41(4)21-36(35)47-38)9-6-8-23(2)24(3)48(44)40-37(43)26-11-15-34(45-22-28)33(42)17-26/h11-12,14-17,23-24,27-28,31-32,35-36,38H,5-10,13,18-22H2,1-4H3,(H,40,43). The molecule has 4 aliphatic heterocycles. The van der Waals surface area contributed by atoms with Crippen LogP contribution in [-0.4, -0.2) is 78.6 Å². The maximum atomic E-state index is 13.5. The van der Waals surface area contributed by atoms with Gasteiger partial charge in [0.1, 0.15) is 28.9 Å². The molecular weight excluding hydrogens is 646 g/mol. The molecule has 9 unspecified atom stereocenters. The molecule has 1 amide bonds. The van der Waals surface area contributed by atoms with Gasteiger partial charge in [-0.05, 0) is 105 Å². The van der Waals surface area contributed by atoms with E-state index in [1.807, 2.05) is 25.1 Å². The Balaban J connectivity index is 1.23. The summed E-state index contributed by atoms with van der Waals surface area (Å²) < 4.78 is 36.1. The quantitative estimate of drug-likeness (QED) is 0.387. The molecule has 9 atom stereocenters. The second-order valence-corrected chi connectivity index (χ2v) is 17.1. The number of benzene rings is 2. The molecule has 262 valence electrons. The molecule has 5 aliphatic rings. The number of nitrogens with one attached hydrogen (secondary N) is 1. The Labute approximate surface area is 293 Å². The van der Waals surface area contributed by atoms with Crippen molar-refractivity contribution in [1.29, 1.82) is 0 Å². The normalized spacial score (nSPS) is 35.9. The summed E-state index contributed by atoms with van der Waals surface area (Å²) in [5.41, 5.74) is 4.00. The van der Waals surface area contributed by atoms with E-state index < -0.39 is 11.0 Å². The predicted molar refractivity (Wildman–Crippen MR) is 191 cm³/mol. The topological polar surface area (TPSA) is 80.3 Å². The van der Waals surface area contributed by atoms with E-state index in [1.165, 1.54) is 17.5 Å². The number of carbonyl (C=O) groups excluding carboxylic acids is 1. The van der Waals surface area contributed by atoms with E-state index in [2.05, 4.69) is 47.5 Å². The third kappa shape index (κ3) is 7.05. The van der Waals surface area contributed by atoms with Crippen molar-refractivity contribution >= 4 is 34.2 Å². The average molecular weight is 698 g/mol. The fourth-order valence-electron chi connectivity index (χ4n) is 8.80. The molecular formula is C38H52ClN3O5S. The highest BCUT2D eigenvalue weighted by atomic mass is 35.5. The largest absolute Gasteiger partial charge is 0.491 e. The molecule has 3 fully saturated rings. The number of halogens is 1. The van der Waals surface area contributed by atoms with Crippen molar-refractivity contribution in [2.24, 2.45) is 23.7 Å². The van der Waals surface area contributed by atoms with Crippen LogP contribution in [0, 0.1) is 23.7 Å². The number of likely N-dealkylation sites (tertiary alicyclic amines) is 1. The monoisotopic (exact) mass is 697 g/mol. The maximum Gasteiger partial charge on any atom is 0.263 e. The number of rotatable bonds is 4. The number of ether oxygens (including phenoxy) is 3. The van der Waals surface area contributed by atoms with Crippen LogP contribution in [-0.2, 0) is 26.9 Å². The first kappa shape index (κ1) is 34.3. The van der Waals surface area contributed by atoms with Crippen molar-refractivity contribution in [3.8, 4) is 5.75 Å². The molecule has 4 heterocycles. The van der Waals surface area contributed by atoms with Gasteiger partial charge in [0.05, 0.1) is 17.5 Å². The van der Waals surface area contributed by atoms with Gasteiger partial charge in [-0.1, -0.05) is 44.4 Å². The lowest BCUT2D eigenvalue weighted by Gasteiger charge is -2.46. The summed E-state index contributed by atoms with van der Waals surface area (Å²) in [6.45, 7) is 10.4. The summed E-state index contributed by atoms with van der Waals surface area (Å²) in [5, 5.41) is 0.598. The van der Waals surface area contributed by atoms with Gasteiger partial charge in [-0.3, -0.25) is 9.52 Å². The van der Waals surface area contributed by atoms with Gasteiger partial charge in [-0.25, -0.2) is 4.21 Å². The van der Waals surface area contributed by atoms with E-state index in [1.54, 1.807) is 6.07 Å². The molecule has 2 bridgehead atoms. The van der Waals surface area contributed by atoms with Crippen LogP contribution in [0.2, 0.25) is 5.02 Å². The molecule has 0 spiro atoms. The van der Waals surface area contributed by atoms with Crippen LogP contribution in [0.4, 0.5) is 5.69 Å². The number of anilines is 1. The third-order valence-corrected chi connectivity index (χ3v) is 13.6. The number of carbonyl (C=O) groups is 1. The smallest absolute Gasteiger partial charge is 0.263 e. The van der Waals surface area contributed by atoms with E-state index in [9.17, 15) is 9.00 Å². The van der Waals surface area contributed by atoms with Crippen molar-refractivity contribution in [1.82, 2.24) is 9.62 Å². The summed E-state index contributed by atoms with van der Waals surface area (Å²) in [6.07, 6.45) is 7.44. The average Bonchev–Trinajstić information content (AvgIpc) is 3.54. The lowest BCUT2D eigenvalue weighted by molar-refractivity contribution is -0.146. The van der Waals surface area contributed by atoms with Crippen LogP contribution in [0.15, 0.2) is 36.4 Å². The van der Waals surface area contributed by atoms with Gasteiger partial charge < -0.3 is 24.0 Å². The minimum Gasteiger partial charge on any atom is -0.491 e. The molecule has 2 aromatic carbocycles. The van der Waals surface area contributed by atoms with Crippen LogP contribution >= 0.6 is 11.6 Å². The highest BCUT2D eigenvalue weighted by molar-refractivity contribution is 7.84. The lowest BCUT2D eigenvalue weighted by Crippen LogP contribution is -2.46. The lowest BCUT2D eigenvalue weighted by atomic mass is 9.65. The molecule has 2 saturated heterocycles. The summed E-state index contributed by atoms with van der Waals surface area (Å²) in [7, 11) is 0.641. The van der Waals surface area contributed by atoms with Gasteiger partial charge in [0, 0.05) is 48.6 Å². The van der Waals surface area contributed by atoms with Crippen molar-refractivity contribution < 1.29 is 23.2 Å². The molecule has 48 heavy (non-hydrogen) atoms. The Hall–Kier alpha value is -2.17. The Morgan fingerprint density at radius 1 is 0.958 bits per heavy atom. The van der Waals surface area contributed by atoms with E-state index in [-0.39, 0.29) is 41.5 Å². The van der Waals surface area contributed by atoms with Gasteiger partial charge >= 0.3 is 0 Å². The fourth-order valence-corrected chi connectivity index (χ4v) is 10.0. The van der Waals surface area contributed by atoms with Gasteiger partial charge in [0.2, 0.25) is 0 Å². The van der Waals surface area contributed by atoms with Crippen molar-refractivity contribution in [3.05, 3.63) is 58.1 Å². The van der Waals surface area contributed by atoms with Crippen LogP contribution in [0.1, 0.15) is 86.7 Å². The second-order valence-electron chi connectivity index (χ2n) is 15.1. The molecule has 1 N–H and O–H groups in total. The van der Waals surface area contributed by atoms with Crippen LogP contribution in [0.3, 0.4) is 0 Å². The summed E-state index contributed by atoms with van der Waals surface area (Å²) >= 11 is 6.47. The molecule has 8 nitrogen and oxygen atoms in total. The number of aryl methyl sites for hydroxylation is 1. The van der Waals surface area contributed by atoms with Gasteiger partial charge in [0.25, 0.3) is 5.91 Å². The summed E-state index contributed by atoms with van der Waals surface area (Å²) in [4.78, 5) is 18.3. The Morgan fingerprint density at radius 2 is 1.75 bits per heavy atom. The van der Waals surface area contributed by atoms with Crippen LogP contribution < -0.4 is 14.4 Å².